The zero-order chi connectivity index (χ0) is 6.08. The summed E-state index contributed by atoms with van der Waals surface area (Å²) < 4.78 is 26.6. The van der Waals surface area contributed by atoms with Crippen LogP contribution in [-0.2, 0) is 17.6 Å². The van der Waals surface area contributed by atoms with Gasteiger partial charge in [-0.3, -0.25) is 4.78 Å². The summed E-state index contributed by atoms with van der Waals surface area (Å²) in [6.07, 6.45) is 2.80. The molecule has 0 aliphatic heterocycles. The van der Waals surface area contributed by atoms with E-state index in [0.29, 0.717) is 0 Å². The van der Waals surface area contributed by atoms with Crippen LogP contribution in [0.15, 0.2) is 0 Å². The fourth-order valence-corrected chi connectivity index (χ4v) is 0. The summed E-state index contributed by atoms with van der Waals surface area (Å²) in [7, 11) is -4.26. The van der Waals surface area contributed by atoms with Crippen molar-refractivity contribution in [2.24, 2.45) is 0 Å². The summed E-state index contributed by atoms with van der Waals surface area (Å²) in [4.78, 5) is 0. The van der Waals surface area contributed by atoms with E-state index in [0.717, 1.165) is 0 Å². The highest BCUT2D eigenvalue weighted by molar-refractivity contribution is 8.37. The normalized spacial score (nSPS) is 11.1. The molecular formula is C2H7NO2S2. The molecule has 5 heteroatoms. The zero-order valence-electron chi connectivity index (χ0n) is 4.13. The van der Waals surface area contributed by atoms with Crippen LogP contribution < -0.4 is 0 Å². The predicted octanol–water partition coefficient (Wildman–Crippen LogP) is -0.0435. The van der Waals surface area contributed by atoms with Crippen molar-refractivity contribution in [2.75, 3.05) is 12.5 Å². The van der Waals surface area contributed by atoms with E-state index >= 15 is 0 Å². The molecule has 0 aliphatic carbocycles. The Morgan fingerprint density at radius 1 is 1.43 bits per heavy atom. The number of nitrogens with one attached hydrogen (secondary N) is 1. The van der Waals surface area contributed by atoms with Crippen molar-refractivity contribution in [3.8, 4) is 0 Å². The van der Waals surface area contributed by atoms with Gasteiger partial charge in [-0.05, 0) is 20.9 Å². The lowest BCUT2D eigenvalue weighted by Gasteiger charge is -1.81. The molecule has 44 valence electrons. The molecule has 0 saturated heterocycles. The lowest BCUT2D eigenvalue weighted by molar-refractivity contribution is 0.628. The maximum absolute atomic E-state index is 9.87. The van der Waals surface area contributed by atoms with Gasteiger partial charge in [0.15, 0.2) is 0 Å². The molecule has 0 saturated carbocycles. The van der Waals surface area contributed by atoms with Crippen molar-refractivity contribution in [3.63, 3.8) is 0 Å². The van der Waals surface area contributed by atoms with Crippen LogP contribution in [0.25, 0.3) is 0 Å². The second kappa shape index (κ2) is 1.83. The molecule has 0 aromatic carbocycles. The Hall–Kier alpha value is -0.0300. The van der Waals surface area contributed by atoms with Gasteiger partial charge in [-0.15, -0.1) is 0 Å². The Morgan fingerprint density at radius 3 is 1.57 bits per heavy atom. The second-order valence-electron chi connectivity index (χ2n) is 1.44. The predicted molar refractivity (Wildman–Crippen MR) is 30.9 cm³/mol. The molecule has 0 fully saturated rings. The average molecular weight is 141 g/mol. The highest BCUT2D eigenvalue weighted by Gasteiger charge is 1.80. The largest absolute Gasteiger partial charge is 0.273 e. The Bertz CT molecular complexity index is 237. The van der Waals surface area contributed by atoms with E-state index in [2.05, 4.69) is 0 Å². The summed E-state index contributed by atoms with van der Waals surface area (Å²) in [6.45, 7) is 0. The van der Waals surface area contributed by atoms with Crippen LogP contribution in [0, 0.1) is 4.78 Å². The second-order valence-corrected chi connectivity index (χ2v) is 7.63. The van der Waals surface area contributed by atoms with Crippen molar-refractivity contribution in [1.82, 2.24) is 0 Å². The van der Waals surface area contributed by atoms with Crippen molar-refractivity contribution >= 4 is 17.6 Å². The maximum Gasteiger partial charge on any atom is 0.249 e. The minimum Gasteiger partial charge on any atom is -0.273 e. The first-order valence-electron chi connectivity index (χ1n) is 1.52. The Morgan fingerprint density at radius 2 is 1.57 bits per heavy atom. The molecule has 0 aliphatic rings. The van der Waals surface area contributed by atoms with Crippen LogP contribution in [-0.4, -0.2) is 20.9 Å². The highest BCUT2D eigenvalue weighted by atomic mass is 32.9. The van der Waals surface area contributed by atoms with Crippen LogP contribution in [0.4, 0.5) is 0 Å². The molecule has 7 heavy (non-hydrogen) atoms. The molecule has 0 heterocycles. The lowest BCUT2D eigenvalue weighted by Crippen LogP contribution is -1.87. The number of rotatable bonds is 0. The molecule has 1 N–H and O–H groups in total. The summed E-state index contributed by atoms with van der Waals surface area (Å²) in [5, 5.41) is 0. The zero-order valence-corrected chi connectivity index (χ0v) is 5.77. The number of hydrogen-bond acceptors (Lipinski definition) is 3. The first kappa shape index (κ1) is 6.97. The van der Waals surface area contributed by atoms with E-state index in [1.807, 2.05) is 0 Å². The van der Waals surface area contributed by atoms with Gasteiger partial charge in [0.2, 0.25) is 9.26 Å². The first-order chi connectivity index (χ1) is 2.94. The summed E-state index contributed by atoms with van der Waals surface area (Å²) >= 11 is 0. The highest BCUT2D eigenvalue weighted by Crippen LogP contribution is 1.74. The maximum atomic E-state index is 9.87. The van der Waals surface area contributed by atoms with Crippen molar-refractivity contribution in [3.05, 3.63) is 0 Å². The molecule has 0 radical (unpaired) electrons. The fourth-order valence-electron chi connectivity index (χ4n) is 0. The van der Waals surface area contributed by atoms with E-state index in [-0.39, 0.29) is 0 Å². The first-order valence-corrected chi connectivity index (χ1v) is 5.56. The molecular weight excluding hydrogens is 134 g/mol. The molecule has 0 bridgehead atoms. The van der Waals surface area contributed by atoms with Crippen LogP contribution in [0.1, 0.15) is 0 Å². The lowest BCUT2D eigenvalue weighted by atomic mass is 11.9. The molecule has 0 atom stereocenters. The van der Waals surface area contributed by atoms with Gasteiger partial charge in [0.1, 0.15) is 0 Å². The van der Waals surface area contributed by atoms with Gasteiger partial charge in [0.25, 0.3) is 0 Å². The third kappa shape index (κ3) is 2.64. The molecule has 0 aromatic rings. The Balaban J connectivity index is 5.63. The Labute approximate surface area is 44.0 Å². The Kier molecular flexibility index (Phi) is 1.82. The van der Waals surface area contributed by atoms with Crippen LogP contribution >= 0.6 is 0 Å². The average Bonchev–Trinajstić information content (AvgIpc) is 1.31. The fraction of sp³-hybridized carbons (Fsp3) is 1.00. The van der Waals surface area contributed by atoms with Gasteiger partial charge >= 0.3 is 0 Å². The topological polar surface area (TPSA) is 58.0 Å². The van der Waals surface area contributed by atoms with E-state index in [1.165, 1.54) is 12.5 Å². The minimum absolute atomic E-state index is 1.40. The third-order valence-electron chi connectivity index (χ3n) is 0.340. The van der Waals surface area contributed by atoms with Gasteiger partial charge in [-0.25, -0.2) is 0 Å². The molecule has 0 unspecified atom stereocenters. The van der Waals surface area contributed by atoms with E-state index in [4.69, 9.17) is 4.78 Å². The smallest absolute Gasteiger partial charge is 0.249 e. The monoisotopic (exact) mass is 141 g/mol. The quantitative estimate of drug-likeness (QED) is 0.514. The SMILES string of the molecule is CS(C)(=N)=S(=O)=O. The molecule has 0 aromatic heterocycles. The molecule has 0 amide bonds. The van der Waals surface area contributed by atoms with Gasteiger partial charge in [0.05, 0.1) is 0 Å². The van der Waals surface area contributed by atoms with Crippen LogP contribution in [0.3, 0.4) is 0 Å². The van der Waals surface area contributed by atoms with Crippen molar-refractivity contribution in [2.45, 2.75) is 0 Å². The summed E-state index contributed by atoms with van der Waals surface area (Å²) in [6, 6.07) is 0. The van der Waals surface area contributed by atoms with Gasteiger partial charge in [-0.1, -0.05) is 0 Å². The summed E-state index contributed by atoms with van der Waals surface area (Å²) in [5.74, 6) is 0. The standard InChI is InChI=1S/C2H7NO2S2/c1-7(2,3)6(4)5/h3H,1-2H3. The minimum atomic E-state index is -2.18. The number of hydrogen-bond donors (Lipinski definition) is 1. The van der Waals surface area contributed by atoms with Gasteiger partial charge in [-0.2, -0.15) is 8.42 Å². The van der Waals surface area contributed by atoms with Crippen molar-refractivity contribution in [1.29, 1.82) is 4.78 Å². The van der Waals surface area contributed by atoms with E-state index in [1.54, 1.807) is 0 Å². The van der Waals surface area contributed by atoms with Crippen LogP contribution in [0.5, 0.6) is 0 Å². The summed E-state index contributed by atoms with van der Waals surface area (Å²) in [5.41, 5.74) is 0. The molecule has 0 spiro atoms. The van der Waals surface area contributed by atoms with Crippen LogP contribution in [0.2, 0.25) is 0 Å². The van der Waals surface area contributed by atoms with E-state index < -0.39 is 17.6 Å². The van der Waals surface area contributed by atoms with Gasteiger partial charge < -0.3 is 0 Å². The van der Waals surface area contributed by atoms with E-state index in [9.17, 15) is 8.42 Å². The molecule has 0 rings (SSSR count). The van der Waals surface area contributed by atoms with Gasteiger partial charge in [0, 0.05) is 0 Å². The van der Waals surface area contributed by atoms with Crippen molar-refractivity contribution < 1.29 is 8.42 Å². The third-order valence-corrected chi connectivity index (χ3v) is 3.06. The molecule has 3 nitrogen and oxygen atoms in total.